The van der Waals surface area contributed by atoms with Crippen LogP contribution in [0.2, 0.25) is 0 Å². The summed E-state index contributed by atoms with van der Waals surface area (Å²) in [4.78, 5) is 2.28. The number of benzene rings is 5. The van der Waals surface area contributed by atoms with Gasteiger partial charge in [0.25, 0.3) is 0 Å². The van der Waals surface area contributed by atoms with E-state index in [2.05, 4.69) is 136 Å². The van der Waals surface area contributed by atoms with Crippen molar-refractivity contribution in [2.45, 2.75) is 0 Å². The second-order valence-corrected chi connectivity index (χ2v) is 8.56. The molecule has 0 aromatic heterocycles. The van der Waals surface area contributed by atoms with Crippen LogP contribution in [0.15, 0.2) is 138 Å². The number of anilines is 3. The summed E-state index contributed by atoms with van der Waals surface area (Å²) in [6.07, 6.45) is 0. The van der Waals surface area contributed by atoms with Gasteiger partial charge in [-0.25, -0.2) is 0 Å². The molecule has 0 radical (unpaired) electrons. The fourth-order valence-electron chi connectivity index (χ4n) is 3.93. The van der Waals surface area contributed by atoms with Crippen LogP contribution in [-0.4, -0.2) is 0 Å². The van der Waals surface area contributed by atoms with Crippen molar-refractivity contribution < 1.29 is 0 Å². The molecule has 2 heteroatoms. The van der Waals surface area contributed by atoms with Gasteiger partial charge < -0.3 is 4.90 Å². The third kappa shape index (κ3) is 4.37. The molecule has 154 valence electrons. The first-order chi connectivity index (χ1) is 15.8. The molecule has 0 aliphatic heterocycles. The van der Waals surface area contributed by atoms with E-state index in [0.29, 0.717) is 0 Å². The van der Waals surface area contributed by atoms with Crippen LogP contribution in [-0.2, 0) is 0 Å². The Labute approximate surface area is 197 Å². The second-order valence-electron chi connectivity index (χ2n) is 7.64. The van der Waals surface area contributed by atoms with E-state index in [1.54, 1.807) is 0 Å². The highest BCUT2D eigenvalue weighted by molar-refractivity contribution is 9.10. The largest absolute Gasteiger partial charge is 0.311 e. The van der Waals surface area contributed by atoms with Crippen LogP contribution in [0.4, 0.5) is 17.1 Å². The number of halogens is 1. The van der Waals surface area contributed by atoms with Crippen LogP contribution in [0.25, 0.3) is 22.3 Å². The predicted molar refractivity (Wildman–Crippen MR) is 140 cm³/mol. The van der Waals surface area contributed by atoms with Crippen molar-refractivity contribution in [2.24, 2.45) is 0 Å². The average Bonchev–Trinajstić information content (AvgIpc) is 2.86. The van der Waals surface area contributed by atoms with E-state index in [9.17, 15) is 0 Å². The summed E-state index contributed by atoms with van der Waals surface area (Å²) in [6, 6.07) is 46.9. The summed E-state index contributed by atoms with van der Waals surface area (Å²) in [5, 5.41) is 0. The molecule has 0 atom stereocenters. The molecule has 0 fully saturated rings. The standard InChI is InChI=1S/C30H22BrN/c31-27-9-7-8-26(22-27)25-16-14-23(15-17-25)24-18-20-30(21-19-24)32(28-10-3-1-4-11-28)29-12-5-2-6-13-29/h1-22H. The quantitative estimate of drug-likeness (QED) is 0.244. The van der Waals surface area contributed by atoms with Crippen LogP contribution in [0, 0.1) is 0 Å². The van der Waals surface area contributed by atoms with Gasteiger partial charge in [0.05, 0.1) is 0 Å². The molecule has 0 spiro atoms. The van der Waals surface area contributed by atoms with E-state index in [1.165, 1.54) is 22.3 Å². The van der Waals surface area contributed by atoms with Gasteiger partial charge in [-0.2, -0.15) is 0 Å². The lowest BCUT2D eigenvalue weighted by atomic mass is 10.00. The van der Waals surface area contributed by atoms with E-state index in [0.717, 1.165) is 21.5 Å². The van der Waals surface area contributed by atoms with Gasteiger partial charge in [0.2, 0.25) is 0 Å². The van der Waals surface area contributed by atoms with E-state index in [1.807, 2.05) is 18.2 Å². The van der Waals surface area contributed by atoms with Gasteiger partial charge in [-0.05, 0) is 70.8 Å². The Bertz CT molecular complexity index is 1260. The van der Waals surface area contributed by atoms with Crippen LogP contribution in [0.5, 0.6) is 0 Å². The lowest BCUT2D eigenvalue weighted by molar-refractivity contribution is 1.28. The van der Waals surface area contributed by atoms with Crippen LogP contribution >= 0.6 is 15.9 Å². The molecule has 0 unspecified atom stereocenters. The maximum atomic E-state index is 3.56. The topological polar surface area (TPSA) is 3.24 Å². The zero-order valence-electron chi connectivity index (χ0n) is 17.5. The number of para-hydroxylation sites is 2. The van der Waals surface area contributed by atoms with E-state index >= 15 is 0 Å². The molecule has 0 N–H and O–H groups in total. The van der Waals surface area contributed by atoms with Crippen molar-refractivity contribution in [2.75, 3.05) is 4.90 Å². The Morgan fingerprint density at radius 2 is 0.812 bits per heavy atom. The summed E-state index contributed by atoms with van der Waals surface area (Å²) in [5.74, 6) is 0. The smallest absolute Gasteiger partial charge is 0.0462 e. The number of hydrogen-bond acceptors (Lipinski definition) is 1. The average molecular weight is 476 g/mol. The highest BCUT2D eigenvalue weighted by Gasteiger charge is 2.12. The van der Waals surface area contributed by atoms with Gasteiger partial charge >= 0.3 is 0 Å². The second kappa shape index (κ2) is 9.25. The van der Waals surface area contributed by atoms with Crippen molar-refractivity contribution in [3.05, 3.63) is 138 Å². The van der Waals surface area contributed by atoms with Crippen molar-refractivity contribution in [1.82, 2.24) is 0 Å². The fourth-order valence-corrected chi connectivity index (χ4v) is 4.33. The molecule has 1 nitrogen and oxygen atoms in total. The molecule has 0 saturated carbocycles. The SMILES string of the molecule is Brc1cccc(-c2ccc(-c3ccc(N(c4ccccc4)c4ccccc4)cc3)cc2)c1. The fraction of sp³-hybridized carbons (Fsp3) is 0. The van der Waals surface area contributed by atoms with Gasteiger partial charge in [-0.15, -0.1) is 0 Å². The molecule has 0 heterocycles. The third-order valence-corrected chi connectivity index (χ3v) is 6.02. The van der Waals surface area contributed by atoms with E-state index < -0.39 is 0 Å². The summed E-state index contributed by atoms with van der Waals surface area (Å²) >= 11 is 3.56. The molecule has 32 heavy (non-hydrogen) atoms. The molecular weight excluding hydrogens is 454 g/mol. The summed E-state index contributed by atoms with van der Waals surface area (Å²) in [5.41, 5.74) is 8.26. The summed E-state index contributed by atoms with van der Waals surface area (Å²) in [7, 11) is 0. The zero-order valence-corrected chi connectivity index (χ0v) is 19.1. The summed E-state index contributed by atoms with van der Waals surface area (Å²) < 4.78 is 1.09. The Balaban J connectivity index is 1.45. The Morgan fingerprint density at radius 1 is 0.375 bits per heavy atom. The van der Waals surface area contributed by atoms with Crippen LogP contribution in [0.3, 0.4) is 0 Å². The van der Waals surface area contributed by atoms with Crippen molar-refractivity contribution >= 4 is 33.0 Å². The van der Waals surface area contributed by atoms with Gasteiger partial charge in [0.1, 0.15) is 0 Å². The number of nitrogens with zero attached hydrogens (tertiary/aromatic N) is 1. The number of hydrogen-bond donors (Lipinski definition) is 0. The Hall–Kier alpha value is -3.62. The molecule has 0 amide bonds. The molecule has 5 rings (SSSR count). The van der Waals surface area contributed by atoms with Gasteiger partial charge in [0, 0.05) is 21.5 Å². The van der Waals surface area contributed by atoms with E-state index in [-0.39, 0.29) is 0 Å². The first-order valence-corrected chi connectivity index (χ1v) is 11.4. The van der Waals surface area contributed by atoms with Gasteiger partial charge in [0.15, 0.2) is 0 Å². The molecule has 0 bridgehead atoms. The zero-order chi connectivity index (χ0) is 21.8. The van der Waals surface area contributed by atoms with Crippen LogP contribution in [0.1, 0.15) is 0 Å². The molecule has 0 saturated heterocycles. The third-order valence-electron chi connectivity index (χ3n) is 5.53. The highest BCUT2D eigenvalue weighted by atomic mass is 79.9. The lowest BCUT2D eigenvalue weighted by Gasteiger charge is -2.25. The van der Waals surface area contributed by atoms with Gasteiger partial charge in [-0.3, -0.25) is 0 Å². The van der Waals surface area contributed by atoms with Crippen molar-refractivity contribution in [1.29, 1.82) is 0 Å². The molecule has 5 aromatic rings. The molecular formula is C30H22BrN. The minimum Gasteiger partial charge on any atom is -0.311 e. The predicted octanol–water partition coefficient (Wildman–Crippen LogP) is 9.25. The minimum atomic E-state index is 1.09. The normalized spacial score (nSPS) is 10.7. The Kier molecular flexibility index (Phi) is 5.87. The molecule has 0 aliphatic carbocycles. The first-order valence-electron chi connectivity index (χ1n) is 10.6. The number of rotatable bonds is 5. The van der Waals surface area contributed by atoms with Crippen molar-refractivity contribution in [3.8, 4) is 22.3 Å². The molecule has 5 aromatic carbocycles. The first kappa shape index (κ1) is 20.3. The van der Waals surface area contributed by atoms with Crippen LogP contribution < -0.4 is 4.90 Å². The summed E-state index contributed by atoms with van der Waals surface area (Å²) in [6.45, 7) is 0. The van der Waals surface area contributed by atoms with Crippen molar-refractivity contribution in [3.63, 3.8) is 0 Å². The maximum Gasteiger partial charge on any atom is 0.0462 e. The molecule has 0 aliphatic rings. The highest BCUT2D eigenvalue weighted by Crippen LogP contribution is 2.35. The minimum absolute atomic E-state index is 1.09. The van der Waals surface area contributed by atoms with E-state index in [4.69, 9.17) is 0 Å². The lowest BCUT2D eigenvalue weighted by Crippen LogP contribution is -2.09. The monoisotopic (exact) mass is 475 g/mol. The Morgan fingerprint density at radius 3 is 1.31 bits per heavy atom. The maximum absolute atomic E-state index is 3.56. The van der Waals surface area contributed by atoms with Gasteiger partial charge in [-0.1, -0.05) is 101 Å².